The number of benzene rings is 2. The van der Waals surface area contributed by atoms with Crippen molar-refractivity contribution in [2.75, 3.05) is 19.6 Å². The van der Waals surface area contributed by atoms with Gasteiger partial charge < -0.3 is 10.2 Å². The molecule has 6 nitrogen and oxygen atoms in total. The van der Waals surface area contributed by atoms with E-state index in [0.717, 1.165) is 23.3 Å². The summed E-state index contributed by atoms with van der Waals surface area (Å²) < 4.78 is 0. The van der Waals surface area contributed by atoms with E-state index in [1.807, 2.05) is 74.5 Å². The highest BCUT2D eigenvalue weighted by Crippen LogP contribution is 2.33. The van der Waals surface area contributed by atoms with Crippen molar-refractivity contribution in [1.82, 2.24) is 15.1 Å². The third-order valence-electron chi connectivity index (χ3n) is 5.39. The van der Waals surface area contributed by atoms with Gasteiger partial charge in [-0.25, -0.2) is 4.79 Å². The second-order valence-corrected chi connectivity index (χ2v) is 7.64. The normalized spacial score (nSPS) is 18.4. The van der Waals surface area contributed by atoms with Crippen LogP contribution in [0.25, 0.3) is 0 Å². The summed E-state index contributed by atoms with van der Waals surface area (Å²) in [6, 6.07) is 18.3. The molecule has 0 radical (unpaired) electrons. The van der Waals surface area contributed by atoms with Gasteiger partial charge in [0.2, 0.25) is 5.91 Å². The molecule has 1 aliphatic rings. The molecule has 2 aromatic carbocycles. The minimum atomic E-state index is -1.22. The molecule has 0 spiro atoms. The first-order valence-electron chi connectivity index (χ1n) is 10.5. The van der Waals surface area contributed by atoms with E-state index in [0.29, 0.717) is 25.1 Å². The summed E-state index contributed by atoms with van der Waals surface area (Å²) in [6.45, 7) is 5.00. The van der Waals surface area contributed by atoms with Crippen LogP contribution in [-0.2, 0) is 21.5 Å². The number of hydrogen-bond acceptors (Lipinski definition) is 3. The number of imide groups is 1. The van der Waals surface area contributed by atoms with Crippen LogP contribution in [0.2, 0.25) is 0 Å². The quantitative estimate of drug-likeness (QED) is 0.648. The standard InChI is InChI=1S/C24H29N3O3/c1-3-15-26(16-4-2)21(28)18-27-22(29)24(25-23(27)30,20-13-9-6-10-14-20)17-19-11-7-5-8-12-19/h5-14H,3-4,15-18H2,1-2H3,(H,25,30)/t24-/m0/s1. The van der Waals surface area contributed by atoms with Crippen molar-refractivity contribution in [3.8, 4) is 0 Å². The van der Waals surface area contributed by atoms with Gasteiger partial charge in [-0.3, -0.25) is 14.5 Å². The Morgan fingerprint density at radius 1 is 0.933 bits per heavy atom. The number of rotatable bonds is 9. The summed E-state index contributed by atoms with van der Waals surface area (Å²) in [6.07, 6.45) is 1.97. The fraction of sp³-hybridized carbons (Fsp3) is 0.375. The molecule has 0 aliphatic carbocycles. The monoisotopic (exact) mass is 407 g/mol. The Hall–Kier alpha value is -3.15. The first-order chi connectivity index (χ1) is 14.5. The Bertz CT molecular complexity index is 879. The Morgan fingerprint density at radius 3 is 2.07 bits per heavy atom. The lowest BCUT2D eigenvalue weighted by molar-refractivity contribution is -0.139. The average Bonchev–Trinajstić information content (AvgIpc) is 3.00. The van der Waals surface area contributed by atoms with Crippen LogP contribution < -0.4 is 5.32 Å². The van der Waals surface area contributed by atoms with E-state index in [1.165, 1.54) is 0 Å². The smallest absolute Gasteiger partial charge is 0.325 e. The van der Waals surface area contributed by atoms with Crippen LogP contribution in [0.15, 0.2) is 60.7 Å². The molecule has 4 amide bonds. The zero-order valence-corrected chi connectivity index (χ0v) is 17.6. The van der Waals surface area contributed by atoms with E-state index in [9.17, 15) is 14.4 Å². The van der Waals surface area contributed by atoms with Crippen molar-refractivity contribution in [2.24, 2.45) is 0 Å². The highest BCUT2D eigenvalue weighted by Gasteiger charge is 2.52. The van der Waals surface area contributed by atoms with E-state index in [-0.39, 0.29) is 18.4 Å². The third kappa shape index (κ3) is 4.37. The summed E-state index contributed by atoms with van der Waals surface area (Å²) in [4.78, 5) is 42.1. The second kappa shape index (κ2) is 9.57. The second-order valence-electron chi connectivity index (χ2n) is 7.64. The van der Waals surface area contributed by atoms with Gasteiger partial charge in [-0.1, -0.05) is 74.5 Å². The number of amides is 4. The van der Waals surface area contributed by atoms with Gasteiger partial charge >= 0.3 is 6.03 Å². The Balaban J connectivity index is 1.91. The summed E-state index contributed by atoms with van der Waals surface area (Å²) in [5.74, 6) is -0.588. The molecule has 0 unspecified atom stereocenters. The zero-order chi connectivity index (χ0) is 21.6. The molecule has 158 valence electrons. The van der Waals surface area contributed by atoms with Gasteiger partial charge in [0.25, 0.3) is 5.91 Å². The Labute approximate surface area is 177 Å². The predicted molar refractivity (Wildman–Crippen MR) is 116 cm³/mol. The first-order valence-corrected chi connectivity index (χ1v) is 10.5. The fourth-order valence-electron chi connectivity index (χ4n) is 3.95. The SMILES string of the molecule is CCCN(CCC)C(=O)CN1C(=O)N[C@@](Cc2ccccc2)(c2ccccc2)C1=O. The van der Waals surface area contributed by atoms with Crippen molar-refractivity contribution in [3.63, 3.8) is 0 Å². The fourth-order valence-corrected chi connectivity index (χ4v) is 3.95. The lowest BCUT2D eigenvalue weighted by Crippen LogP contribution is -2.47. The molecule has 0 aromatic heterocycles. The van der Waals surface area contributed by atoms with Crippen molar-refractivity contribution in [1.29, 1.82) is 0 Å². The van der Waals surface area contributed by atoms with Crippen LogP contribution in [0.5, 0.6) is 0 Å². The van der Waals surface area contributed by atoms with Crippen molar-refractivity contribution in [3.05, 3.63) is 71.8 Å². The number of hydrogen-bond donors (Lipinski definition) is 1. The maximum Gasteiger partial charge on any atom is 0.325 e. The van der Waals surface area contributed by atoms with E-state index < -0.39 is 11.6 Å². The van der Waals surface area contributed by atoms with Gasteiger partial charge in [0.1, 0.15) is 6.54 Å². The maximum atomic E-state index is 13.6. The summed E-state index contributed by atoms with van der Waals surface area (Å²) in [7, 11) is 0. The van der Waals surface area contributed by atoms with Crippen LogP contribution in [-0.4, -0.2) is 47.3 Å². The summed E-state index contributed by atoms with van der Waals surface area (Å²) in [5.41, 5.74) is 0.420. The molecule has 1 N–H and O–H groups in total. The van der Waals surface area contributed by atoms with Crippen LogP contribution >= 0.6 is 0 Å². The molecule has 0 saturated carbocycles. The molecule has 6 heteroatoms. The number of nitrogens with zero attached hydrogens (tertiary/aromatic N) is 2. The molecule has 0 bridgehead atoms. The number of carbonyl (C=O) groups is 3. The highest BCUT2D eigenvalue weighted by atomic mass is 16.2. The predicted octanol–water partition coefficient (Wildman–Crippen LogP) is 3.33. The zero-order valence-electron chi connectivity index (χ0n) is 17.6. The number of carbonyl (C=O) groups excluding carboxylic acids is 3. The van der Waals surface area contributed by atoms with Crippen molar-refractivity contribution in [2.45, 2.75) is 38.6 Å². The molecule has 1 aliphatic heterocycles. The van der Waals surface area contributed by atoms with E-state index in [4.69, 9.17) is 0 Å². The van der Waals surface area contributed by atoms with Crippen LogP contribution in [0.4, 0.5) is 4.79 Å². The minimum Gasteiger partial charge on any atom is -0.341 e. The van der Waals surface area contributed by atoms with E-state index >= 15 is 0 Å². The van der Waals surface area contributed by atoms with Crippen molar-refractivity contribution >= 4 is 17.8 Å². The maximum absolute atomic E-state index is 13.6. The molecule has 3 rings (SSSR count). The third-order valence-corrected chi connectivity index (χ3v) is 5.39. The topological polar surface area (TPSA) is 69.7 Å². The Morgan fingerprint density at radius 2 is 1.50 bits per heavy atom. The van der Waals surface area contributed by atoms with Crippen LogP contribution in [0, 0.1) is 0 Å². The molecule has 1 fully saturated rings. The average molecular weight is 408 g/mol. The molecule has 1 heterocycles. The van der Waals surface area contributed by atoms with Gasteiger partial charge in [-0.15, -0.1) is 0 Å². The first kappa shape index (κ1) is 21.6. The molecule has 1 atom stereocenters. The van der Waals surface area contributed by atoms with E-state index in [2.05, 4.69) is 5.32 Å². The number of urea groups is 1. The van der Waals surface area contributed by atoms with Gasteiger partial charge in [0, 0.05) is 19.5 Å². The van der Waals surface area contributed by atoms with Gasteiger partial charge in [0.15, 0.2) is 5.54 Å². The van der Waals surface area contributed by atoms with Crippen LogP contribution in [0.3, 0.4) is 0 Å². The molecular formula is C24H29N3O3. The molecule has 30 heavy (non-hydrogen) atoms. The van der Waals surface area contributed by atoms with Crippen molar-refractivity contribution < 1.29 is 14.4 Å². The lowest BCUT2D eigenvalue weighted by Gasteiger charge is -2.28. The minimum absolute atomic E-state index is 0.203. The largest absolute Gasteiger partial charge is 0.341 e. The highest BCUT2D eigenvalue weighted by molar-refractivity contribution is 6.09. The summed E-state index contributed by atoms with van der Waals surface area (Å²) >= 11 is 0. The van der Waals surface area contributed by atoms with Gasteiger partial charge in [-0.05, 0) is 24.0 Å². The molecule has 2 aromatic rings. The lowest BCUT2D eigenvalue weighted by atomic mass is 9.83. The number of nitrogens with one attached hydrogen (secondary N) is 1. The summed E-state index contributed by atoms with van der Waals surface area (Å²) in [5, 5.41) is 2.91. The molecule has 1 saturated heterocycles. The molecular weight excluding hydrogens is 378 g/mol. The van der Waals surface area contributed by atoms with Gasteiger partial charge in [-0.2, -0.15) is 0 Å². The van der Waals surface area contributed by atoms with Crippen LogP contribution in [0.1, 0.15) is 37.8 Å². The Kier molecular flexibility index (Phi) is 6.87. The van der Waals surface area contributed by atoms with E-state index in [1.54, 1.807) is 4.90 Å². The van der Waals surface area contributed by atoms with Gasteiger partial charge in [0.05, 0.1) is 0 Å².